The standard InChI is InChI=1S/C7H12N4O3S/c1-3-9-7(12)5-6(15(8,13)14)4(2)10-11-5/h3H2,1-2H3,(H,9,12)(H,10,11)(H2,8,13,14). The molecular formula is C7H12N4O3S. The van der Waals surface area contributed by atoms with Gasteiger partial charge in [0.15, 0.2) is 5.69 Å². The SMILES string of the molecule is CCNC(=O)c1n[nH]c(C)c1S(N)(=O)=O. The first-order valence-corrected chi connectivity index (χ1v) is 5.78. The van der Waals surface area contributed by atoms with Crippen LogP contribution in [0.1, 0.15) is 23.1 Å². The highest BCUT2D eigenvalue weighted by Crippen LogP contribution is 2.15. The monoisotopic (exact) mass is 232 g/mol. The zero-order valence-electron chi connectivity index (χ0n) is 8.36. The van der Waals surface area contributed by atoms with Crippen LogP contribution in [0.3, 0.4) is 0 Å². The topological polar surface area (TPSA) is 118 Å². The fourth-order valence-electron chi connectivity index (χ4n) is 1.17. The molecule has 0 aliphatic heterocycles. The molecule has 0 radical (unpaired) electrons. The van der Waals surface area contributed by atoms with Crippen LogP contribution in [0, 0.1) is 6.92 Å². The number of primary sulfonamides is 1. The van der Waals surface area contributed by atoms with Gasteiger partial charge in [-0.1, -0.05) is 0 Å². The zero-order valence-corrected chi connectivity index (χ0v) is 9.18. The Labute approximate surface area is 87.1 Å². The van der Waals surface area contributed by atoms with E-state index in [-0.39, 0.29) is 16.3 Å². The second-order valence-electron chi connectivity index (χ2n) is 2.93. The van der Waals surface area contributed by atoms with Gasteiger partial charge in [-0.15, -0.1) is 0 Å². The summed E-state index contributed by atoms with van der Waals surface area (Å²) in [4.78, 5) is 11.2. The van der Waals surface area contributed by atoms with E-state index in [9.17, 15) is 13.2 Å². The highest BCUT2D eigenvalue weighted by atomic mass is 32.2. The minimum Gasteiger partial charge on any atom is -0.351 e. The zero-order chi connectivity index (χ0) is 11.6. The molecule has 0 aromatic carbocycles. The number of carbonyl (C=O) groups excluding carboxylic acids is 1. The molecule has 84 valence electrons. The Bertz CT molecular complexity index is 476. The van der Waals surface area contributed by atoms with Gasteiger partial charge in [0.1, 0.15) is 4.90 Å². The van der Waals surface area contributed by atoms with E-state index in [1.165, 1.54) is 6.92 Å². The van der Waals surface area contributed by atoms with Gasteiger partial charge in [0.2, 0.25) is 10.0 Å². The Morgan fingerprint density at radius 2 is 2.20 bits per heavy atom. The van der Waals surface area contributed by atoms with Gasteiger partial charge >= 0.3 is 0 Å². The molecule has 1 heterocycles. The molecule has 7 nitrogen and oxygen atoms in total. The predicted molar refractivity (Wildman–Crippen MR) is 52.7 cm³/mol. The van der Waals surface area contributed by atoms with Crippen molar-refractivity contribution >= 4 is 15.9 Å². The van der Waals surface area contributed by atoms with Gasteiger partial charge in [-0.25, -0.2) is 13.6 Å². The lowest BCUT2D eigenvalue weighted by atomic mass is 10.3. The van der Waals surface area contributed by atoms with Crippen LogP contribution in [0.5, 0.6) is 0 Å². The van der Waals surface area contributed by atoms with Crippen molar-refractivity contribution in [2.75, 3.05) is 6.54 Å². The Kier molecular flexibility index (Phi) is 3.10. The van der Waals surface area contributed by atoms with Crippen LogP contribution >= 0.6 is 0 Å². The smallest absolute Gasteiger partial charge is 0.273 e. The van der Waals surface area contributed by atoms with Gasteiger partial charge in [-0.3, -0.25) is 9.89 Å². The lowest BCUT2D eigenvalue weighted by molar-refractivity contribution is 0.0947. The van der Waals surface area contributed by atoms with Crippen LogP contribution in [0.4, 0.5) is 0 Å². The molecule has 1 aromatic rings. The molecule has 1 aromatic heterocycles. The Morgan fingerprint density at radius 3 is 2.67 bits per heavy atom. The largest absolute Gasteiger partial charge is 0.351 e. The van der Waals surface area contributed by atoms with Gasteiger partial charge in [0, 0.05) is 6.54 Å². The summed E-state index contributed by atoms with van der Waals surface area (Å²) in [5, 5.41) is 13.4. The Hall–Kier alpha value is -1.41. The number of aromatic amines is 1. The molecule has 0 aliphatic carbocycles. The van der Waals surface area contributed by atoms with Crippen LogP contribution in [0.15, 0.2) is 4.90 Å². The number of nitrogens with two attached hydrogens (primary N) is 1. The maximum Gasteiger partial charge on any atom is 0.273 e. The summed E-state index contributed by atoms with van der Waals surface area (Å²) in [6.45, 7) is 3.58. The van der Waals surface area contributed by atoms with E-state index in [1.54, 1.807) is 6.92 Å². The fourth-order valence-corrected chi connectivity index (χ4v) is 2.05. The third-order valence-electron chi connectivity index (χ3n) is 1.73. The Balaban J connectivity index is 3.27. The van der Waals surface area contributed by atoms with Crippen molar-refractivity contribution in [2.24, 2.45) is 5.14 Å². The highest BCUT2D eigenvalue weighted by molar-refractivity contribution is 7.89. The van der Waals surface area contributed by atoms with Crippen molar-refractivity contribution in [2.45, 2.75) is 18.7 Å². The number of aryl methyl sites for hydroxylation is 1. The highest BCUT2D eigenvalue weighted by Gasteiger charge is 2.24. The number of amides is 1. The van der Waals surface area contributed by atoms with E-state index in [4.69, 9.17) is 5.14 Å². The molecule has 0 bridgehead atoms. The van der Waals surface area contributed by atoms with Crippen molar-refractivity contribution in [1.29, 1.82) is 0 Å². The minimum atomic E-state index is -3.94. The number of nitrogens with zero attached hydrogens (tertiary/aromatic N) is 1. The molecule has 0 fully saturated rings. The summed E-state index contributed by atoms with van der Waals surface area (Å²) >= 11 is 0. The third-order valence-corrected chi connectivity index (χ3v) is 2.80. The summed E-state index contributed by atoms with van der Waals surface area (Å²) < 4.78 is 22.4. The number of aromatic nitrogens is 2. The van der Waals surface area contributed by atoms with Gasteiger partial charge < -0.3 is 5.32 Å². The quantitative estimate of drug-likeness (QED) is 0.626. The first kappa shape index (κ1) is 11.7. The molecule has 0 spiro atoms. The van der Waals surface area contributed by atoms with E-state index in [2.05, 4.69) is 15.5 Å². The average Bonchev–Trinajstić information content (AvgIpc) is 2.46. The summed E-state index contributed by atoms with van der Waals surface area (Å²) in [6.07, 6.45) is 0. The van der Waals surface area contributed by atoms with E-state index < -0.39 is 15.9 Å². The Morgan fingerprint density at radius 1 is 1.60 bits per heavy atom. The number of sulfonamides is 1. The van der Waals surface area contributed by atoms with Crippen molar-refractivity contribution in [1.82, 2.24) is 15.5 Å². The molecule has 8 heteroatoms. The van der Waals surface area contributed by atoms with Crippen molar-refractivity contribution < 1.29 is 13.2 Å². The summed E-state index contributed by atoms with van der Waals surface area (Å²) in [6, 6.07) is 0. The van der Waals surface area contributed by atoms with Gasteiger partial charge in [0.05, 0.1) is 5.69 Å². The minimum absolute atomic E-state index is 0.197. The maximum atomic E-state index is 11.4. The van der Waals surface area contributed by atoms with Crippen LogP contribution in [-0.4, -0.2) is 31.1 Å². The van der Waals surface area contributed by atoms with Crippen molar-refractivity contribution in [3.63, 3.8) is 0 Å². The lowest BCUT2D eigenvalue weighted by Gasteiger charge is -2.01. The predicted octanol–water partition coefficient (Wildman–Crippen LogP) is -0.885. The molecule has 0 unspecified atom stereocenters. The first-order valence-electron chi connectivity index (χ1n) is 4.24. The number of hydrogen-bond acceptors (Lipinski definition) is 4. The molecule has 1 rings (SSSR count). The number of rotatable bonds is 3. The molecule has 1 amide bonds. The fraction of sp³-hybridized carbons (Fsp3) is 0.429. The third kappa shape index (κ3) is 2.34. The van der Waals surface area contributed by atoms with Gasteiger partial charge in [0.25, 0.3) is 5.91 Å². The maximum absolute atomic E-state index is 11.4. The normalized spacial score (nSPS) is 11.4. The second-order valence-corrected chi connectivity index (χ2v) is 4.43. The number of hydrogen-bond donors (Lipinski definition) is 3. The van der Waals surface area contributed by atoms with Crippen LogP contribution in [0.25, 0.3) is 0 Å². The van der Waals surface area contributed by atoms with Gasteiger partial charge in [-0.05, 0) is 13.8 Å². The summed E-state index contributed by atoms with van der Waals surface area (Å²) in [7, 11) is -3.94. The molecule has 0 atom stereocenters. The molecule has 4 N–H and O–H groups in total. The van der Waals surface area contributed by atoms with Crippen LogP contribution < -0.4 is 10.5 Å². The van der Waals surface area contributed by atoms with E-state index >= 15 is 0 Å². The molecular weight excluding hydrogens is 220 g/mol. The number of H-pyrrole nitrogens is 1. The molecule has 0 aliphatic rings. The average molecular weight is 232 g/mol. The summed E-state index contributed by atoms with van der Waals surface area (Å²) in [5.41, 5.74) is 0.0515. The molecule has 0 saturated heterocycles. The van der Waals surface area contributed by atoms with E-state index in [1.807, 2.05) is 0 Å². The summed E-state index contributed by atoms with van der Waals surface area (Å²) in [5.74, 6) is -0.564. The van der Waals surface area contributed by atoms with Crippen molar-refractivity contribution in [3.8, 4) is 0 Å². The number of nitrogens with one attached hydrogen (secondary N) is 2. The van der Waals surface area contributed by atoms with Crippen molar-refractivity contribution in [3.05, 3.63) is 11.4 Å². The molecule has 15 heavy (non-hydrogen) atoms. The van der Waals surface area contributed by atoms with E-state index in [0.717, 1.165) is 0 Å². The van der Waals surface area contributed by atoms with Crippen LogP contribution in [0.2, 0.25) is 0 Å². The van der Waals surface area contributed by atoms with Gasteiger partial charge in [-0.2, -0.15) is 5.10 Å². The number of carbonyl (C=O) groups is 1. The lowest BCUT2D eigenvalue weighted by Crippen LogP contribution is -2.26. The second kappa shape index (κ2) is 3.99. The first-order chi connectivity index (χ1) is 6.88. The molecule has 0 saturated carbocycles. The van der Waals surface area contributed by atoms with Crippen LogP contribution in [-0.2, 0) is 10.0 Å². The van der Waals surface area contributed by atoms with E-state index in [0.29, 0.717) is 6.54 Å².